The fourth-order valence-corrected chi connectivity index (χ4v) is 3.85. The number of nitrogens with zero attached hydrogens (tertiary/aromatic N) is 3. The van der Waals surface area contributed by atoms with Crippen LogP contribution in [0, 0.1) is 0 Å². The Kier molecular flexibility index (Phi) is 7.65. The van der Waals surface area contributed by atoms with Crippen molar-refractivity contribution in [2.24, 2.45) is 0 Å². The number of ether oxygens (including phenoxy) is 3. The molecule has 0 radical (unpaired) electrons. The van der Waals surface area contributed by atoms with E-state index in [1.807, 2.05) is 41.1 Å². The van der Waals surface area contributed by atoms with Crippen molar-refractivity contribution in [1.82, 2.24) is 14.5 Å². The average molecular weight is 458 g/mol. The van der Waals surface area contributed by atoms with Gasteiger partial charge >= 0.3 is 0 Å². The van der Waals surface area contributed by atoms with Crippen LogP contribution in [0.25, 0.3) is 0 Å². The highest BCUT2D eigenvalue weighted by Crippen LogP contribution is 2.22. The van der Waals surface area contributed by atoms with Crippen molar-refractivity contribution in [3.8, 4) is 11.5 Å². The molecule has 1 atom stereocenters. The molecule has 2 aromatic carbocycles. The number of imidazole rings is 1. The molecule has 0 aliphatic carbocycles. The standard InChI is InChI=1S/C24H28ClN3O4/c25-21-4-2-6-23(14-21)32-18-24(29)16-28(9-11-30-17-24)15-20-3-1-5-22(13-20)31-12-10-27-8-7-26-19-27/h1-8,13-14,19,29H,9-12,15-18H2. The molecule has 4 rings (SSSR count). The molecule has 8 heteroatoms. The number of halogens is 1. The summed E-state index contributed by atoms with van der Waals surface area (Å²) in [7, 11) is 0. The Morgan fingerprint density at radius 3 is 2.78 bits per heavy atom. The molecule has 1 aliphatic heterocycles. The Balaban J connectivity index is 1.32. The van der Waals surface area contributed by atoms with Gasteiger partial charge in [0.15, 0.2) is 0 Å². The van der Waals surface area contributed by atoms with Crippen LogP contribution >= 0.6 is 11.6 Å². The lowest BCUT2D eigenvalue weighted by Gasteiger charge is -2.30. The van der Waals surface area contributed by atoms with Gasteiger partial charge in [-0.3, -0.25) is 4.90 Å². The number of hydrogen-bond donors (Lipinski definition) is 1. The second kappa shape index (κ2) is 10.8. The van der Waals surface area contributed by atoms with Crippen LogP contribution in [0.4, 0.5) is 0 Å². The summed E-state index contributed by atoms with van der Waals surface area (Å²) in [6, 6.07) is 15.2. The predicted molar refractivity (Wildman–Crippen MR) is 122 cm³/mol. The second-order valence-corrected chi connectivity index (χ2v) is 8.47. The molecule has 7 nitrogen and oxygen atoms in total. The normalized spacial score (nSPS) is 19.4. The zero-order valence-corrected chi connectivity index (χ0v) is 18.7. The fourth-order valence-electron chi connectivity index (χ4n) is 3.67. The summed E-state index contributed by atoms with van der Waals surface area (Å²) in [5.74, 6) is 1.45. The van der Waals surface area contributed by atoms with E-state index in [2.05, 4.69) is 16.0 Å². The highest BCUT2D eigenvalue weighted by Gasteiger charge is 2.33. The van der Waals surface area contributed by atoms with Crippen molar-refractivity contribution in [2.75, 3.05) is 39.5 Å². The van der Waals surface area contributed by atoms with E-state index in [1.54, 1.807) is 24.7 Å². The van der Waals surface area contributed by atoms with E-state index < -0.39 is 5.60 Å². The number of benzene rings is 2. The van der Waals surface area contributed by atoms with Crippen molar-refractivity contribution in [2.45, 2.75) is 18.7 Å². The largest absolute Gasteiger partial charge is 0.492 e. The van der Waals surface area contributed by atoms with E-state index in [9.17, 15) is 5.11 Å². The second-order valence-electron chi connectivity index (χ2n) is 8.03. The first-order valence-corrected chi connectivity index (χ1v) is 11.0. The zero-order valence-electron chi connectivity index (χ0n) is 17.9. The molecular weight excluding hydrogens is 430 g/mol. The summed E-state index contributed by atoms with van der Waals surface area (Å²) in [5.41, 5.74) is 0.00250. The fraction of sp³-hybridized carbons (Fsp3) is 0.375. The molecular formula is C24H28ClN3O4. The van der Waals surface area contributed by atoms with E-state index in [0.717, 1.165) is 24.4 Å². The molecule has 0 spiro atoms. The van der Waals surface area contributed by atoms with Crippen LogP contribution in [0.1, 0.15) is 5.56 Å². The summed E-state index contributed by atoms with van der Waals surface area (Å²) in [6.45, 7) is 4.07. The summed E-state index contributed by atoms with van der Waals surface area (Å²) in [5, 5.41) is 11.7. The number of aromatic nitrogens is 2. The van der Waals surface area contributed by atoms with Gasteiger partial charge in [0.25, 0.3) is 0 Å². The summed E-state index contributed by atoms with van der Waals surface area (Å²) in [4.78, 5) is 6.22. The molecule has 0 bridgehead atoms. The Labute approximate surface area is 193 Å². The third-order valence-electron chi connectivity index (χ3n) is 5.23. The van der Waals surface area contributed by atoms with E-state index in [1.165, 1.54) is 0 Å². The molecule has 1 fully saturated rings. The van der Waals surface area contributed by atoms with Crippen LogP contribution in [-0.4, -0.2) is 64.7 Å². The van der Waals surface area contributed by atoms with Gasteiger partial charge in [0.05, 0.1) is 26.1 Å². The Morgan fingerprint density at radius 2 is 1.97 bits per heavy atom. The maximum Gasteiger partial charge on any atom is 0.134 e. The monoisotopic (exact) mass is 457 g/mol. The van der Waals surface area contributed by atoms with Crippen molar-refractivity contribution in [3.63, 3.8) is 0 Å². The van der Waals surface area contributed by atoms with Gasteiger partial charge in [0.2, 0.25) is 0 Å². The quantitative estimate of drug-likeness (QED) is 0.532. The van der Waals surface area contributed by atoms with E-state index >= 15 is 0 Å². The van der Waals surface area contributed by atoms with Gasteiger partial charge in [-0.2, -0.15) is 0 Å². The molecule has 170 valence electrons. The number of rotatable bonds is 9. The molecule has 0 saturated carbocycles. The van der Waals surface area contributed by atoms with Gasteiger partial charge in [-0.25, -0.2) is 4.98 Å². The Bertz CT molecular complexity index is 985. The first-order chi connectivity index (χ1) is 15.6. The number of aliphatic hydroxyl groups is 1. The van der Waals surface area contributed by atoms with Gasteiger partial charge in [-0.05, 0) is 35.9 Å². The van der Waals surface area contributed by atoms with Gasteiger partial charge < -0.3 is 23.9 Å². The molecule has 1 aliphatic rings. The minimum absolute atomic E-state index is 0.126. The topological polar surface area (TPSA) is 69.0 Å². The highest BCUT2D eigenvalue weighted by atomic mass is 35.5. The van der Waals surface area contributed by atoms with Crippen LogP contribution in [0.5, 0.6) is 11.5 Å². The van der Waals surface area contributed by atoms with Crippen LogP contribution in [0.15, 0.2) is 67.3 Å². The third-order valence-corrected chi connectivity index (χ3v) is 5.46. The van der Waals surface area contributed by atoms with Crippen molar-refractivity contribution in [3.05, 3.63) is 77.8 Å². The third kappa shape index (κ3) is 6.71. The van der Waals surface area contributed by atoms with Crippen LogP contribution < -0.4 is 9.47 Å². The van der Waals surface area contributed by atoms with Crippen molar-refractivity contribution >= 4 is 11.6 Å². The summed E-state index contributed by atoms with van der Waals surface area (Å²) < 4.78 is 19.4. The Hall–Kier alpha value is -2.58. The lowest BCUT2D eigenvalue weighted by Crippen LogP contribution is -2.48. The van der Waals surface area contributed by atoms with Crippen LogP contribution in [0.3, 0.4) is 0 Å². The number of hydrogen-bond acceptors (Lipinski definition) is 6. The smallest absolute Gasteiger partial charge is 0.134 e. The first kappa shape index (κ1) is 22.6. The van der Waals surface area contributed by atoms with Gasteiger partial charge in [0, 0.05) is 37.1 Å². The lowest BCUT2D eigenvalue weighted by atomic mass is 10.1. The molecule has 0 amide bonds. The maximum absolute atomic E-state index is 11.1. The molecule has 1 unspecified atom stereocenters. The minimum atomic E-state index is -1.11. The molecule has 1 aromatic heterocycles. The van der Waals surface area contributed by atoms with Crippen molar-refractivity contribution < 1.29 is 19.3 Å². The summed E-state index contributed by atoms with van der Waals surface area (Å²) in [6.07, 6.45) is 5.45. The SMILES string of the molecule is OC1(COc2cccc(Cl)c2)COCCN(Cc2cccc(OCCn3ccnc3)c2)C1. The van der Waals surface area contributed by atoms with Crippen molar-refractivity contribution in [1.29, 1.82) is 0 Å². The van der Waals surface area contributed by atoms with E-state index in [-0.39, 0.29) is 13.2 Å². The predicted octanol–water partition coefficient (Wildman–Crippen LogP) is 3.26. The lowest BCUT2D eigenvalue weighted by molar-refractivity contribution is -0.0646. The van der Waals surface area contributed by atoms with Crippen LogP contribution in [-0.2, 0) is 17.8 Å². The molecule has 1 saturated heterocycles. The maximum atomic E-state index is 11.1. The Morgan fingerprint density at radius 1 is 1.12 bits per heavy atom. The van der Waals surface area contributed by atoms with Gasteiger partial charge in [-0.15, -0.1) is 0 Å². The average Bonchev–Trinajstić information content (AvgIpc) is 3.22. The van der Waals surface area contributed by atoms with Gasteiger partial charge in [-0.1, -0.05) is 29.8 Å². The molecule has 2 heterocycles. The highest BCUT2D eigenvalue weighted by molar-refractivity contribution is 6.30. The van der Waals surface area contributed by atoms with E-state index in [0.29, 0.717) is 37.1 Å². The molecule has 32 heavy (non-hydrogen) atoms. The van der Waals surface area contributed by atoms with Gasteiger partial charge in [0.1, 0.15) is 30.3 Å². The number of β-amino-alcohol motifs (C(OH)–C–C–N with tert-alkyl or cyclic N) is 1. The zero-order chi connectivity index (χ0) is 22.2. The molecule has 1 N–H and O–H groups in total. The molecule has 3 aromatic rings. The van der Waals surface area contributed by atoms with Crippen LogP contribution in [0.2, 0.25) is 5.02 Å². The van der Waals surface area contributed by atoms with E-state index in [4.69, 9.17) is 25.8 Å². The minimum Gasteiger partial charge on any atom is -0.492 e. The summed E-state index contributed by atoms with van der Waals surface area (Å²) >= 11 is 6.02. The first-order valence-electron chi connectivity index (χ1n) is 10.7.